The molecular weight excluding hydrogens is 298 g/mol. The van der Waals surface area contributed by atoms with Crippen molar-refractivity contribution in [2.24, 2.45) is 0 Å². The average molecular weight is 308 g/mol. The molecule has 0 spiro atoms. The van der Waals surface area contributed by atoms with E-state index in [0.29, 0.717) is 20.5 Å². The molecule has 0 saturated carbocycles. The molecule has 0 fully saturated rings. The van der Waals surface area contributed by atoms with Crippen LogP contribution >= 0.6 is 22.9 Å². The largest absolute Gasteiger partial charge is 0.375 e. The third kappa shape index (κ3) is 2.04. The van der Waals surface area contributed by atoms with Crippen molar-refractivity contribution >= 4 is 40.3 Å². The predicted molar refractivity (Wildman–Crippen MR) is 77.2 cm³/mol. The number of amides is 1. The van der Waals surface area contributed by atoms with Gasteiger partial charge in [-0.2, -0.15) is 0 Å². The van der Waals surface area contributed by atoms with E-state index in [1.807, 2.05) is 0 Å². The highest BCUT2D eigenvalue weighted by Gasteiger charge is 2.46. The minimum absolute atomic E-state index is 0.299. The fraction of sp³-hybridized carbons (Fsp3) is 0.143. The summed E-state index contributed by atoms with van der Waals surface area (Å²) in [5.74, 6) is -0.883. The molecule has 20 heavy (non-hydrogen) atoms. The number of aliphatic hydroxyl groups is 1. The Kier molecular flexibility index (Phi) is 3.12. The summed E-state index contributed by atoms with van der Waals surface area (Å²) in [6.45, 7) is 0. The van der Waals surface area contributed by atoms with E-state index in [2.05, 4.69) is 5.32 Å². The van der Waals surface area contributed by atoms with Crippen molar-refractivity contribution in [1.82, 2.24) is 0 Å². The van der Waals surface area contributed by atoms with Crippen LogP contribution in [0.1, 0.15) is 21.7 Å². The second-order valence-corrected chi connectivity index (χ2v) is 6.28. The number of halogens is 1. The molecule has 2 N–H and O–H groups in total. The Bertz CT molecular complexity index is 712. The first-order valence-corrected chi connectivity index (χ1v) is 7.12. The Morgan fingerprint density at radius 2 is 2.05 bits per heavy atom. The van der Waals surface area contributed by atoms with Crippen molar-refractivity contribution in [1.29, 1.82) is 0 Å². The monoisotopic (exact) mass is 307 g/mol. The van der Waals surface area contributed by atoms with Gasteiger partial charge in [0.05, 0.1) is 15.6 Å². The van der Waals surface area contributed by atoms with Crippen molar-refractivity contribution in [2.45, 2.75) is 12.0 Å². The van der Waals surface area contributed by atoms with Crippen molar-refractivity contribution < 1.29 is 14.7 Å². The minimum Gasteiger partial charge on any atom is -0.375 e. The van der Waals surface area contributed by atoms with Gasteiger partial charge in [-0.05, 0) is 18.2 Å². The summed E-state index contributed by atoms with van der Waals surface area (Å²) in [5.41, 5.74) is -0.845. The maximum atomic E-state index is 12.2. The first-order chi connectivity index (χ1) is 9.50. The molecule has 102 valence electrons. The molecule has 3 rings (SSSR count). The summed E-state index contributed by atoms with van der Waals surface area (Å²) < 4.78 is 0.497. The lowest BCUT2D eigenvalue weighted by atomic mass is 9.89. The van der Waals surface area contributed by atoms with Gasteiger partial charge in [-0.15, -0.1) is 11.3 Å². The minimum atomic E-state index is -1.82. The van der Waals surface area contributed by atoms with Gasteiger partial charge in [-0.1, -0.05) is 29.8 Å². The molecule has 1 unspecified atom stereocenters. The molecule has 1 aliphatic heterocycles. The number of hydrogen-bond acceptors (Lipinski definition) is 4. The van der Waals surface area contributed by atoms with Gasteiger partial charge in [0, 0.05) is 11.3 Å². The van der Waals surface area contributed by atoms with E-state index in [0.717, 1.165) is 11.3 Å². The third-order valence-electron chi connectivity index (χ3n) is 3.26. The van der Waals surface area contributed by atoms with Crippen molar-refractivity contribution in [2.75, 3.05) is 5.32 Å². The van der Waals surface area contributed by atoms with E-state index in [1.54, 1.807) is 36.4 Å². The normalized spacial score (nSPS) is 20.6. The summed E-state index contributed by atoms with van der Waals surface area (Å²) in [6, 6.07) is 10.0. The fourth-order valence-electron chi connectivity index (χ4n) is 2.26. The van der Waals surface area contributed by atoms with Gasteiger partial charge >= 0.3 is 0 Å². The summed E-state index contributed by atoms with van der Waals surface area (Å²) in [6.07, 6.45) is -0.299. The number of rotatable bonds is 3. The summed E-state index contributed by atoms with van der Waals surface area (Å²) in [5, 5.41) is 13.2. The second-order valence-electron chi connectivity index (χ2n) is 4.56. The van der Waals surface area contributed by atoms with Gasteiger partial charge in [-0.3, -0.25) is 9.59 Å². The van der Waals surface area contributed by atoms with Gasteiger partial charge in [0.2, 0.25) is 0 Å². The van der Waals surface area contributed by atoms with E-state index >= 15 is 0 Å². The van der Waals surface area contributed by atoms with E-state index in [4.69, 9.17) is 11.6 Å². The molecule has 1 aliphatic rings. The standard InChI is InChI=1S/C14H10ClNO3S/c15-12-6-5-11(20-12)10(17)7-14(19)8-3-1-2-4-9(8)16-13(14)18/h1-6,19H,7H2,(H,16,18). The zero-order valence-corrected chi connectivity index (χ0v) is 11.8. The van der Waals surface area contributed by atoms with Crippen LogP contribution in [0.5, 0.6) is 0 Å². The maximum Gasteiger partial charge on any atom is 0.261 e. The molecule has 6 heteroatoms. The number of para-hydroxylation sites is 1. The fourth-order valence-corrected chi connectivity index (χ4v) is 3.24. The number of thiophene rings is 1. The molecule has 0 saturated heterocycles. The van der Waals surface area contributed by atoms with Crippen LogP contribution in [-0.4, -0.2) is 16.8 Å². The maximum absolute atomic E-state index is 12.2. The van der Waals surface area contributed by atoms with E-state index < -0.39 is 11.5 Å². The molecule has 2 aromatic rings. The lowest BCUT2D eigenvalue weighted by Gasteiger charge is -2.19. The molecule has 0 radical (unpaired) electrons. The molecule has 1 amide bonds. The smallest absolute Gasteiger partial charge is 0.261 e. The Balaban J connectivity index is 1.93. The molecule has 1 aromatic carbocycles. The molecule has 0 aliphatic carbocycles. The van der Waals surface area contributed by atoms with E-state index in [1.165, 1.54) is 0 Å². The Morgan fingerprint density at radius 1 is 1.30 bits per heavy atom. The Hall–Kier alpha value is -1.69. The van der Waals surface area contributed by atoms with Crippen LogP contribution in [0.15, 0.2) is 36.4 Å². The predicted octanol–water partition coefficient (Wildman–Crippen LogP) is 2.81. The summed E-state index contributed by atoms with van der Waals surface area (Å²) >= 11 is 6.92. The highest BCUT2D eigenvalue weighted by molar-refractivity contribution is 7.18. The lowest BCUT2D eigenvalue weighted by molar-refractivity contribution is -0.133. The number of hydrogen-bond donors (Lipinski definition) is 2. The molecule has 1 atom stereocenters. The second kappa shape index (κ2) is 4.70. The molecule has 2 heterocycles. The lowest BCUT2D eigenvalue weighted by Crippen LogP contribution is -2.36. The number of nitrogens with one attached hydrogen (secondary N) is 1. The average Bonchev–Trinajstić information content (AvgIpc) is 2.94. The number of carbonyl (C=O) groups excluding carboxylic acids is 2. The van der Waals surface area contributed by atoms with Gasteiger partial charge in [0.1, 0.15) is 0 Å². The van der Waals surface area contributed by atoms with Crippen LogP contribution in [0.3, 0.4) is 0 Å². The van der Waals surface area contributed by atoms with Crippen LogP contribution in [0.2, 0.25) is 4.34 Å². The highest BCUT2D eigenvalue weighted by Crippen LogP contribution is 2.39. The van der Waals surface area contributed by atoms with E-state index in [9.17, 15) is 14.7 Å². The number of anilines is 1. The first-order valence-electron chi connectivity index (χ1n) is 5.92. The topological polar surface area (TPSA) is 66.4 Å². The zero-order valence-electron chi connectivity index (χ0n) is 10.2. The van der Waals surface area contributed by atoms with Crippen LogP contribution in [-0.2, 0) is 10.4 Å². The van der Waals surface area contributed by atoms with Crippen LogP contribution in [0.4, 0.5) is 5.69 Å². The molecule has 1 aromatic heterocycles. The number of benzene rings is 1. The van der Waals surface area contributed by atoms with Gasteiger partial charge < -0.3 is 10.4 Å². The zero-order chi connectivity index (χ0) is 14.3. The number of ketones is 1. The molecule has 4 nitrogen and oxygen atoms in total. The van der Waals surface area contributed by atoms with Crippen molar-refractivity contribution in [3.05, 3.63) is 51.2 Å². The Labute approximate surface area is 124 Å². The highest BCUT2D eigenvalue weighted by atomic mass is 35.5. The van der Waals surface area contributed by atoms with Crippen LogP contribution in [0.25, 0.3) is 0 Å². The van der Waals surface area contributed by atoms with Crippen molar-refractivity contribution in [3.8, 4) is 0 Å². The molecule has 0 bridgehead atoms. The summed E-state index contributed by atoms with van der Waals surface area (Å²) in [7, 11) is 0. The van der Waals surface area contributed by atoms with Gasteiger partial charge in [0.25, 0.3) is 5.91 Å². The van der Waals surface area contributed by atoms with E-state index in [-0.39, 0.29) is 12.2 Å². The number of fused-ring (bicyclic) bond motifs is 1. The van der Waals surface area contributed by atoms with Crippen LogP contribution in [0, 0.1) is 0 Å². The van der Waals surface area contributed by atoms with Gasteiger partial charge in [0.15, 0.2) is 11.4 Å². The Morgan fingerprint density at radius 3 is 2.75 bits per heavy atom. The summed E-state index contributed by atoms with van der Waals surface area (Å²) in [4.78, 5) is 24.6. The number of carbonyl (C=O) groups is 2. The first kappa shape index (κ1) is 13.3. The molecular formula is C14H10ClNO3S. The van der Waals surface area contributed by atoms with Crippen LogP contribution < -0.4 is 5.32 Å². The van der Waals surface area contributed by atoms with Gasteiger partial charge in [-0.25, -0.2) is 0 Å². The third-order valence-corrected chi connectivity index (χ3v) is 4.53. The quantitative estimate of drug-likeness (QED) is 0.857. The number of Topliss-reactive ketones (excluding diaryl/α,β-unsaturated/α-hetero) is 1. The SMILES string of the molecule is O=C(CC1(O)C(=O)Nc2ccccc21)c1ccc(Cl)s1. The van der Waals surface area contributed by atoms with Crippen molar-refractivity contribution in [3.63, 3.8) is 0 Å².